The van der Waals surface area contributed by atoms with Crippen LogP contribution >= 0.6 is 0 Å². The van der Waals surface area contributed by atoms with E-state index in [1.165, 1.54) is 24.3 Å². The lowest BCUT2D eigenvalue weighted by Gasteiger charge is -2.10. The summed E-state index contributed by atoms with van der Waals surface area (Å²) in [5.74, 6) is -0.922. The van der Waals surface area contributed by atoms with Gasteiger partial charge in [0, 0.05) is 5.56 Å². The third-order valence-corrected chi connectivity index (χ3v) is 2.59. The second-order valence-corrected chi connectivity index (χ2v) is 3.98. The van der Waals surface area contributed by atoms with Gasteiger partial charge in [0.2, 0.25) is 5.91 Å². The zero-order chi connectivity index (χ0) is 14.8. The lowest BCUT2D eigenvalue weighted by molar-refractivity contribution is -0.274. The van der Waals surface area contributed by atoms with Gasteiger partial charge in [-0.05, 0) is 29.3 Å². The van der Waals surface area contributed by atoms with Crippen molar-refractivity contribution in [1.82, 2.24) is 0 Å². The molecule has 0 atom stereocenters. The summed E-state index contributed by atoms with van der Waals surface area (Å²) in [6.07, 6.45) is -4.73. The number of hydrogen-bond donors (Lipinski definition) is 1. The van der Waals surface area contributed by atoms with Crippen LogP contribution in [0.25, 0.3) is 11.1 Å². The molecule has 2 aromatic carbocycles. The van der Waals surface area contributed by atoms with Crippen LogP contribution in [0.15, 0.2) is 48.5 Å². The van der Waals surface area contributed by atoms with Crippen molar-refractivity contribution < 1.29 is 22.7 Å². The highest BCUT2D eigenvalue weighted by Gasteiger charge is 2.30. The van der Waals surface area contributed by atoms with E-state index in [4.69, 9.17) is 5.73 Å². The second-order valence-electron chi connectivity index (χ2n) is 3.98. The number of halogens is 3. The van der Waals surface area contributed by atoms with Gasteiger partial charge in [-0.15, -0.1) is 13.2 Å². The Hall–Kier alpha value is -2.50. The first-order valence-electron chi connectivity index (χ1n) is 5.62. The van der Waals surface area contributed by atoms with Crippen molar-refractivity contribution >= 4 is 5.91 Å². The summed E-state index contributed by atoms with van der Waals surface area (Å²) < 4.78 is 39.9. The van der Waals surface area contributed by atoms with Crippen LogP contribution in [0.1, 0.15) is 10.4 Å². The quantitative estimate of drug-likeness (QED) is 0.938. The van der Waals surface area contributed by atoms with E-state index < -0.39 is 12.3 Å². The molecular weight excluding hydrogens is 271 g/mol. The highest BCUT2D eigenvalue weighted by molar-refractivity contribution is 5.99. The number of primary amides is 1. The molecule has 2 rings (SSSR count). The maximum atomic E-state index is 12.1. The summed E-state index contributed by atoms with van der Waals surface area (Å²) in [6.45, 7) is 0. The molecule has 0 heterocycles. The number of carbonyl (C=O) groups excluding carboxylic acids is 1. The van der Waals surface area contributed by atoms with E-state index >= 15 is 0 Å². The molecule has 0 fully saturated rings. The van der Waals surface area contributed by atoms with E-state index in [1.54, 1.807) is 24.3 Å². The molecule has 2 N–H and O–H groups in total. The van der Waals surface area contributed by atoms with Crippen molar-refractivity contribution in [3.8, 4) is 16.9 Å². The van der Waals surface area contributed by atoms with Gasteiger partial charge in [0.1, 0.15) is 5.75 Å². The molecule has 0 aromatic heterocycles. The highest BCUT2D eigenvalue weighted by Crippen LogP contribution is 2.28. The van der Waals surface area contributed by atoms with Gasteiger partial charge in [-0.25, -0.2) is 0 Å². The normalized spacial score (nSPS) is 11.2. The summed E-state index contributed by atoms with van der Waals surface area (Å²) in [6, 6.07) is 11.8. The standard InChI is InChI=1S/C14H10F3NO2/c15-14(16,17)20-10-7-5-9(6-8-10)11-3-1-2-4-12(11)13(18)19/h1-8H,(H2,18,19). The van der Waals surface area contributed by atoms with E-state index in [1.807, 2.05) is 0 Å². The van der Waals surface area contributed by atoms with Crippen LogP contribution in [0.2, 0.25) is 0 Å². The number of benzene rings is 2. The summed E-state index contributed by atoms with van der Waals surface area (Å²) in [7, 11) is 0. The largest absolute Gasteiger partial charge is 0.573 e. The molecular formula is C14H10F3NO2. The predicted octanol–water partition coefficient (Wildman–Crippen LogP) is 3.35. The minimum absolute atomic E-state index is 0.303. The molecule has 20 heavy (non-hydrogen) atoms. The van der Waals surface area contributed by atoms with Crippen molar-refractivity contribution in [3.05, 3.63) is 54.1 Å². The molecule has 3 nitrogen and oxygen atoms in total. The fraction of sp³-hybridized carbons (Fsp3) is 0.0714. The Balaban J connectivity index is 2.33. The molecule has 104 valence electrons. The zero-order valence-electron chi connectivity index (χ0n) is 10.1. The molecule has 0 saturated carbocycles. The number of rotatable bonds is 3. The van der Waals surface area contributed by atoms with Crippen LogP contribution in [0.3, 0.4) is 0 Å². The van der Waals surface area contributed by atoms with Crippen LogP contribution < -0.4 is 10.5 Å². The van der Waals surface area contributed by atoms with Crippen molar-refractivity contribution in [1.29, 1.82) is 0 Å². The third-order valence-electron chi connectivity index (χ3n) is 2.59. The summed E-state index contributed by atoms with van der Waals surface area (Å²) in [5.41, 5.74) is 6.69. The van der Waals surface area contributed by atoms with Crippen molar-refractivity contribution in [2.75, 3.05) is 0 Å². The van der Waals surface area contributed by atoms with Crippen LogP contribution in [0, 0.1) is 0 Å². The minimum atomic E-state index is -4.73. The third kappa shape index (κ3) is 3.28. The number of ether oxygens (including phenoxy) is 1. The Morgan fingerprint density at radius 1 is 1.00 bits per heavy atom. The van der Waals surface area contributed by atoms with Crippen molar-refractivity contribution in [3.63, 3.8) is 0 Å². The Kier molecular flexibility index (Phi) is 3.65. The van der Waals surface area contributed by atoms with E-state index in [2.05, 4.69) is 4.74 Å². The zero-order valence-corrected chi connectivity index (χ0v) is 10.1. The number of nitrogens with two attached hydrogens (primary N) is 1. The molecule has 2 aromatic rings. The van der Waals surface area contributed by atoms with Gasteiger partial charge in [0.15, 0.2) is 0 Å². The minimum Gasteiger partial charge on any atom is -0.406 e. The second kappa shape index (κ2) is 5.24. The monoisotopic (exact) mass is 281 g/mol. The van der Waals surface area contributed by atoms with Crippen molar-refractivity contribution in [2.24, 2.45) is 5.73 Å². The molecule has 0 aliphatic rings. The van der Waals surface area contributed by atoms with Crippen LogP contribution in [0.5, 0.6) is 5.75 Å². The van der Waals surface area contributed by atoms with Crippen LogP contribution in [-0.2, 0) is 0 Å². The SMILES string of the molecule is NC(=O)c1ccccc1-c1ccc(OC(F)(F)F)cc1. The van der Waals surface area contributed by atoms with Gasteiger partial charge < -0.3 is 10.5 Å². The Bertz CT molecular complexity index is 621. The maximum absolute atomic E-state index is 12.1. The van der Waals surface area contributed by atoms with Gasteiger partial charge in [0.25, 0.3) is 0 Å². The Labute approximate surface area is 112 Å². The molecule has 6 heteroatoms. The molecule has 0 spiro atoms. The molecule has 0 unspecified atom stereocenters. The fourth-order valence-electron chi connectivity index (χ4n) is 1.79. The first-order valence-corrected chi connectivity index (χ1v) is 5.62. The summed E-state index contributed by atoms with van der Waals surface area (Å²) >= 11 is 0. The van der Waals surface area contributed by atoms with E-state index in [9.17, 15) is 18.0 Å². The smallest absolute Gasteiger partial charge is 0.406 e. The molecule has 0 saturated heterocycles. The predicted molar refractivity (Wildman–Crippen MR) is 67.1 cm³/mol. The average molecular weight is 281 g/mol. The van der Waals surface area contributed by atoms with Gasteiger partial charge in [0.05, 0.1) is 0 Å². The maximum Gasteiger partial charge on any atom is 0.573 e. The molecule has 0 bridgehead atoms. The van der Waals surface area contributed by atoms with Gasteiger partial charge in [-0.2, -0.15) is 0 Å². The number of hydrogen-bond acceptors (Lipinski definition) is 2. The fourth-order valence-corrected chi connectivity index (χ4v) is 1.79. The number of alkyl halides is 3. The van der Waals surface area contributed by atoms with Gasteiger partial charge in [-0.3, -0.25) is 4.79 Å². The lowest BCUT2D eigenvalue weighted by atomic mass is 9.99. The lowest BCUT2D eigenvalue weighted by Crippen LogP contribution is -2.17. The molecule has 0 radical (unpaired) electrons. The van der Waals surface area contributed by atoms with Crippen molar-refractivity contribution in [2.45, 2.75) is 6.36 Å². The Morgan fingerprint density at radius 3 is 2.15 bits per heavy atom. The van der Waals surface area contributed by atoms with Gasteiger partial charge in [-0.1, -0.05) is 30.3 Å². The van der Waals surface area contributed by atoms with Crippen LogP contribution in [-0.4, -0.2) is 12.3 Å². The summed E-state index contributed by atoms with van der Waals surface area (Å²) in [5, 5.41) is 0. The van der Waals surface area contributed by atoms with E-state index in [0.29, 0.717) is 16.7 Å². The average Bonchev–Trinajstić information content (AvgIpc) is 2.38. The topological polar surface area (TPSA) is 52.3 Å². The Morgan fingerprint density at radius 2 is 1.60 bits per heavy atom. The number of carbonyl (C=O) groups is 1. The van der Waals surface area contributed by atoms with Crippen LogP contribution in [0.4, 0.5) is 13.2 Å². The molecule has 0 aliphatic heterocycles. The number of amides is 1. The first kappa shape index (κ1) is 13.9. The first-order chi connectivity index (χ1) is 9.37. The van der Waals surface area contributed by atoms with Gasteiger partial charge >= 0.3 is 6.36 Å². The molecule has 1 amide bonds. The summed E-state index contributed by atoms with van der Waals surface area (Å²) in [4.78, 5) is 11.3. The molecule has 0 aliphatic carbocycles. The van der Waals surface area contributed by atoms with E-state index in [-0.39, 0.29) is 5.75 Å². The highest BCUT2D eigenvalue weighted by atomic mass is 19.4. The van der Waals surface area contributed by atoms with E-state index in [0.717, 1.165) is 0 Å².